The molecule has 0 saturated carbocycles. The minimum atomic E-state index is 0. The number of hydrogen-bond donors (Lipinski definition) is 2. The van der Waals surface area contributed by atoms with Gasteiger partial charge in [0.1, 0.15) is 0 Å². The Hall–Kier alpha value is -0.340. The van der Waals surface area contributed by atoms with Crippen molar-refractivity contribution in [1.82, 2.24) is 15.5 Å². The highest BCUT2D eigenvalue weighted by Gasteiger charge is 2.14. The Bertz CT molecular complexity index is 458. The van der Waals surface area contributed by atoms with Crippen LogP contribution in [0.4, 0.5) is 0 Å². The summed E-state index contributed by atoms with van der Waals surface area (Å²) in [4.78, 5) is 8.38. The Morgan fingerprint density at radius 2 is 1.88 bits per heavy atom. The molecule has 2 heterocycles. The molecular formula is C18H33IN4S. The average Bonchev–Trinajstić information content (AvgIpc) is 3.21. The molecule has 2 unspecified atom stereocenters. The van der Waals surface area contributed by atoms with E-state index in [1.54, 1.807) is 0 Å². The van der Waals surface area contributed by atoms with Crippen molar-refractivity contribution in [3.05, 3.63) is 22.4 Å². The monoisotopic (exact) mass is 464 g/mol. The van der Waals surface area contributed by atoms with E-state index in [4.69, 9.17) is 0 Å². The summed E-state index contributed by atoms with van der Waals surface area (Å²) < 4.78 is 0. The normalized spacial score (nSPS) is 18.0. The molecule has 1 aliphatic rings. The first-order chi connectivity index (χ1) is 11.2. The fourth-order valence-electron chi connectivity index (χ4n) is 3.08. The first-order valence-electron chi connectivity index (χ1n) is 8.86. The lowest BCUT2D eigenvalue weighted by molar-refractivity contribution is 0.287. The van der Waals surface area contributed by atoms with E-state index in [0.717, 1.165) is 25.5 Å². The number of aliphatic imine (C=N–C) groups is 1. The molecule has 1 fully saturated rings. The van der Waals surface area contributed by atoms with Gasteiger partial charge in [-0.3, -0.25) is 4.99 Å². The number of nitrogens with one attached hydrogen (secondary N) is 2. The molecule has 0 aromatic carbocycles. The Morgan fingerprint density at radius 3 is 2.46 bits per heavy atom. The Morgan fingerprint density at radius 1 is 1.21 bits per heavy atom. The summed E-state index contributed by atoms with van der Waals surface area (Å²) in [6.07, 6.45) is 3.87. The number of likely N-dealkylation sites (tertiary alicyclic amines) is 1. The van der Waals surface area contributed by atoms with Crippen LogP contribution in [-0.2, 0) is 6.42 Å². The van der Waals surface area contributed by atoms with Crippen LogP contribution in [0.5, 0.6) is 0 Å². The zero-order valence-corrected chi connectivity index (χ0v) is 18.4. The van der Waals surface area contributed by atoms with E-state index in [1.807, 2.05) is 18.4 Å². The van der Waals surface area contributed by atoms with Crippen LogP contribution in [0.1, 0.15) is 31.6 Å². The van der Waals surface area contributed by atoms with E-state index in [-0.39, 0.29) is 24.0 Å². The molecule has 1 aromatic heterocycles. The molecule has 0 amide bonds. The Kier molecular flexibility index (Phi) is 10.9. The van der Waals surface area contributed by atoms with Crippen LogP contribution in [0.3, 0.4) is 0 Å². The van der Waals surface area contributed by atoms with E-state index >= 15 is 0 Å². The van der Waals surface area contributed by atoms with Crippen molar-refractivity contribution in [3.8, 4) is 0 Å². The Labute approximate surface area is 168 Å². The van der Waals surface area contributed by atoms with Gasteiger partial charge in [0.25, 0.3) is 0 Å². The maximum Gasteiger partial charge on any atom is 0.190 e. The topological polar surface area (TPSA) is 39.7 Å². The molecule has 0 aliphatic carbocycles. The molecule has 0 radical (unpaired) electrons. The highest BCUT2D eigenvalue weighted by atomic mass is 127. The third-order valence-electron chi connectivity index (χ3n) is 4.36. The first kappa shape index (κ1) is 21.7. The number of guanidine groups is 1. The molecule has 2 rings (SSSR count). The molecule has 4 nitrogen and oxygen atoms in total. The van der Waals surface area contributed by atoms with Crippen molar-refractivity contribution in [2.24, 2.45) is 16.8 Å². The van der Waals surface area contributed by atoms with Crippen LogP contribution in [0.15, 0.2) is 22.5 Å². The number of thiophene rings is 1. The fourth-order valence-corrected chi connectivity index (χ4v) is 3.95. The SMILES string of the molecule is CN=C(NCC(C)Cc1cccs1)NCC(C)CN1CCCC1.I. The van der Waals surface area contributed by atoms with Gasteiger partial charge in [-0.2, -0.15) is 0 Å². The van der Waals surface area contributed by atoms with E-state index in [1.165, 1.54) is 37.4 Å². The predicted molar refractivity (Wildman–Crippen MR) is 117 cm³/mol. The van der Waals surface area contributed by atoms with Crippen molar-refractivity contribution < 1.29 is 0 Å². The van der Waals surface area contributed by atoms with E-state index in [2.05, 4.69) is 51.9 Å². The van der Waals surface area contributed by atoms with Gasteiger partial charge < -0.3 is 15.5 Å². The second-order valence-corrected chi connectivity index (χ2v) is 7.87. The fraction of sp³-hybridized carbons (Fsp3) is 0.722. The van der Waals surface area contributed by atoms with Crippen LogP contribution in [0, 0.1) is 11.8 Å². The van der Waals surface area contributed by atoms with Gasteiger partial charge >= 0.3 is 0 Å². The largest absolute Gasteiger partial charge is 0.356 e. The van der Waals surface area contributed by atoms with Gasteiger partial charge in [-0.15, -0.1) is 35.3 Å². The number of halogens is 1. The number of rotatable bonds is 8. The van der Waals surface area contributed by atoms with Crippen LogP contribution in [0.2, 0.25) is 0 Å². The quantitative estimate of drug-likeness (QED) is 0.352. The summed E-state index contributed by atoms with van der Waals surface area (Å²) in [5.74, 6) is 2.18. The minimum Gasteiger partial charge on any atom is -0.356 e. The number of nitrogens with zero attached hydrogens (tertiary/aromatic N) is 2. The van der Waals surface area contributed by atoms with E-state index in [9.17, 15) is 0 Å². The van der Waals surface area contributed by atoms with Crippen molar-refractivity contribution in [2.45, 2.75) is 33.1 Å². The summed E-state index contributed by atoms with van der Waals surface area (Å²) in [5.41, 5.74) is 0. The maximum absolute atomic E-state index is 4.34. The maximum atomic E-state index is 4.34. The van der Waals surface area contributed by atoms with Crippen LogP contribution < -0.4 is 10.6 Å². The highest BCUT2D eigenvalue weighted by molar-refractivity contribution is 14.0. The van der Waals surface area contributed by atoms with E-state index < -0.39 is 0 Å². The van der Waals surface area contributed by atoms with E-state index in [0.29, 0.717) is 11.8 Å². The molecular weight excluding hydrogens is 431 g/mol. The lowest BCUT2D eigenvalue weighted by Gasteiger charge is -2.22. The predicted octanol–water partition coefficient (Wildman–Crippen LogP) is 3.44. The molecule has 1 aliphatic heterocycles. The van der Waals surface area contributed by atoms with Gasteiger partial charge in [0.2, 0.25) is 0 Å². The summed E-state index contributed by atoms with van der Waals surface area (Å²) >= 11 is 1.84. The summed E-state index contributed by atoms with van der Waals surface area (Å²) in [7, 11) is 1.85. The lowest BCUT2D eigenvalue weighted by atomic mass is 10.1. The van der Waals surface area contributed by atoms with Gasteiger partial charge in [-0.25, -0.2) is 0 Å². The molecule has 2 atom stereocenters. The Balaban J connectivity index is 0.00000288. The molecule has 138 valence electrons. The average molecular weight is 464 g/mol. The van der Waals surface area contributed by atoms with Gasteiger partial charge in [0, 0.05) is 31.6 Å². The standard InChI is InChI=1S/C18H32N4S.HI/c1-15(11-17-7-6-10-23-17)12-20-18(19-3)21-13-16(2)14-22-8-4-5-9-22;/h6-7,10,15-16H,4-5,8-9,11-14H2,1-3H3,(H2,19,20,21);1H. The lowest BCUT2D eigenvalue weighted by Crippen LogP contribution is -2.42. The molecule has 24 heavy (non-hydrogen) atoms. The first-order valence-corrected chi connectivity index (χ1v) is 9.74. The zero-order valence-electron chi connectivity index (χ0n) is 15.3. The van der Waals surface area contributed by atoms with Crippen LogP contribution in [0.25, 0.3) is 0 Å². The molecule has 1 saturated heterocycles. The smallest absolute Gasteiger partial charge is 0.190 e. The summed E-state index contributed by atoms with van der Waals surface area (Å²) in [6, 6.07) is 4.34. The molecule has 6 heteroatoms. The molecule has 0 bridgehead atoms. The summed E-state index contributed by atoms with van der Waals surface area (Å²) in [5, 5.41) is 9.08. The second-order valence-electron chi connectivity index (χ2n) is 6.84. The molecule has 1 aromatic rings. The van der Waals surface area contributed by atoms with Gasteiger partial charge in [0.05, 0.1) is 0 Å². The van der Waals surface area contributed by atoms with Crippen LogP contribution >= 0.6 is 35.3 Å². The van der Waals surface area contributed by atoms with Crippen LogP contribution in [-0.4, -0.2) is 50.6 Å². The van der Waals surface area contributed by atoms with Gasteiger partial charge in [0.15, 0.2) is 5.96 Å². The zero-order chi connectivity index (χ0) is 16.5. The van der Waals surface area contributed by atoms with Gasteiger partial charge in [-0.05, 0) is 55.6 Å². The van der Waals surface area contributed by atoms with Crippen molar-refractivity contribution in [1.29, 1.82) is 0 Å². The van der Waals surface area contributed by atoms with Gasteiger partial charge in [-0.1, -0.05) is 19.9 Å². The van der Waals surface area contributed by atoms with Crippen molar-refractivity contribution in [2.75, 3.05) is 39.8 Å². The minimum absolute atomic E-state index is 0. The number of hydrogen-bond acceptors (Lipinski definition) is 3. The summed E-state index contributed by atoms with van der Waals surface area (Å²) in [6.45, 7) is 10.3. The third kappa shape index (κ3) is 8.16. The molecule has 2 N–H and O–H groups in total. The van der Waals surface area contributed by atoms with Crippen molar-refractivity contribution in [3.63, 3.8) is 0 Å². The molecule has 0 spiro atoms. The van der Waals surface area contributed by atoms with Crippen molar-refractivity contribution >= 4 is 41.3 Å². The second kappa shape index (κ2) is 12.1. The third-order valence-corrected chi connectivity index (χ3v) is 5.26. The highest BCUT2D eigenvalue weighted by Crippen LogP contribution is 2.13.